The van der Waals surface area contributed by atoms with Gasteiger partial charge in [-0.25, -0.2) is 4.57 Å². The van der Waals surface area contributed by atoms with Crippen LogP contribution in [0.3, 0.4) is 0 Å². The molecule has 27 heavy (non-hydrogen) atoms. The molecule has 0 spiro atoms. The van der Waals surface area contributed by atoms with Gasteiger partial charge in [0.2, 0.25) is 5.69 Å². The molecule has 5 rings (SSSR count). The molecule has 1 aliphatic rings. The maximum absolute atomic E-state index is 2.34. The van der Waals surface area contributed by atoms with Gasteiger partial charge in [0.05, 0.1) is 5.56 Å². The van der Waals surface area contributed by atoms with Gasteiger partial charge in [-0.3, -0.25) is 0 Å². The first-order valence-electron chi connectivity index (χ1n) is 9.73. The van der Waals surface area contributed by atoms with Crippen LogP contribution in [0.15, 0.2) is 66.9 Å². The number of fused-ring (bicyclic) bond motifs is 5. The zero-order chi connectivity index (χ0) is 18.5. The third-order valence-corrected chi connectivity index (χ3v) is 5.99. The second-order valence-corrected chi connectivity index (χ2v) is 7.81. The van der Waals surface area contributed by atoms with Crippen LogP contribution in [0.5, 0.6) is 0 Å². The zero-order valence-corrected chi connectivity index (χ0v) is 16.2. The molecule has 3 aromatic carbocycles. The van der Waals surface area contributed by atoms with E-state index in [1.165, 1.54) is 55.4 Å². The summed E-state index contributed by atoms with van der Waals surface area (Å²) in [6.07, 6.45) is 4.44. The first kappa shape index (κ1) is 16.3. The molecule has 0 atom stereocenters. The van der Waals surface area contributed by atoms with E-state index in [0.29, 0.717) is 0 Å². The van der Waals surface area contributed by atoms with Crippen molar-refractivity contribution in [2.75, 3.05) is 0 Å². The largest absolute Gasteiger partial charge is 0.212 e. The van der Waals surface area contributed by atoms with Crippen LogP contribution < -0.4 is 4.57 Å². The van der Waals surface area contributed by atoms with E-state index in [2.05, 4.69) is 92.3 Å². The van der Waals surface area contributed by atoms with E-state index in [0.717, 1.165) is 12.8 Å². The summed E-state index contributed by atoms with van der Waals surface area (Å²) in [6, 6.07) is 22.5. The molecule has 4 aromatic rings. The Hall–Kier alpha value is -2.93. The predicted molar refractivity (Wildman–Crippen MR) is 113 cm³/mol. The number of hydrogen-bond donors (Lipinski definition) is 0. The van der Waals surface area contributed by atoms with Crippen LogP contribution in [-0.2, 0) is 19.9 Å². The molecule has 0 radical (unpaired) electrons. The monoisotopic (exact) mass is 350 g/mol. The Labute approximate surface area is 160 Å². The molecule has 0 bridgehead atoms. The molecule has 1 aromatic heterocycles. The fraction of sp³-hybridized carbons (Fsp3) is 0.192. The lowest BCUT2D eigenvalue weighted by Crippen LogP contribution is -2.31. The minimum atomic E-state index is 1.10. The average Bonchev–Trinajstić information content (AvgIpc) is 2.68. The Kier molecular flexibility index (Phi) is 3.65. The summed E-state index contributed by atoms with van der Waals surface area (Å²) in [7, 11) is 2.16. The highest BCUT2D eigenvalue weighted by Gasteiger charge is 2.25. The Morgan fingerprint density at radius 1 is 0.778 bits per heavy atom. The molecule has 0 unspecified atom stereocenters. The number of nitrogens with zero attached hydrogens (tertiary/aromatic N) is 1. The maximum Gasteiger partial charge on any atom is 0.212 e. The van der Waals surface area contributed by atoms with Crippen molar-refractivity contribution in [3.05, 3.63) is 89.1 Å². The van der Waals surface area contributed by atoms with E-state index in [-0.39, 0.29) is 0 Å². The first-order chi connectivity index (χ1) is 13.1. The molecule has 1 heterocycles. The van der Waals surface area contributed by atoms with Crippen LogP contribution in [0.25, 0.3) is 33.2 Å². The van der Waals surface area contributed by atoms with Crippen molar-refractivity contribution in [3.63, 3.8) is 0 Å². The van der Waals surface area contributed by atoms with Gasteiger partial charge >= 0.3 is 0 Å². The van der Waals surface area contributed by atoms with Gasteiger partial charge in [0.1, 0.15) is 7.05 Å². The standard InChI is InChI=1S/C26H24N/c1-17-8-15-24(27(3)16-17)25-18(2)9-13-23-22(25)14-12-20-11-10-19-6-4-5-7-21(19)26(20)23/h4-11,13,15-16H,12,14H2,1-3H3/q+1. The number of rotatable bonds is 1. The predicted octanol–water partition coefficient (Wildman–Crippen LogP) is 5.71. The molecule has 1 heteroatoms. The molecular weight excluding hydrogens is 326 g/mol. The fourth-order valence-electron chi connectivity index (χ4n) is 4.72. The molecule has 0 aliphatic heterocycles. The van der Waals surface area contributed by atoms with Gasteiger partial charge in [-0.15, -0.1) is 0 Å². The van der Waals surface area contributed by atoms with Crippen molar-refractivity contribution in [2.24, 2.45) is 7.05 Å². The van der Waals surface area contributed by atoms with Crippen LogP contribution in [-0.4, -0.2) is 0 Å². The minimum Gasteiger partial charge on any atom is -0.201 e. The topological polar surface area (TPSA) is 3.88 Å². The summed E-state index contributed by atoms with van der Waals surface area (Å²) >= 11 is 0. The molecule has 0 fully saturated rings. The Morgan fingerprint density at radius 2 is 1.63 bits per heavy atom. The normalized spacial score (nSPS) is 12.7. The van der Waals surface area contributed by atoms with Gasteiger partial charge in [-0.1, -0.05) is 48.5 Å². The van der Waals surface area contributed by atoms with Crippen LogP contribution >= 0.6 is 0 Å². The van der Waals surface area contributed by atoms with Gasteiger partial charge in [0, 0.05) is 11.6 Å². The van der Waals surface area contributed by atoms with E-state index < -0.39 is 0 Å². The summed E-state index contributed by atoms with van der Waals surface area (Å²) in [5, 5.41) is 2.70. The summed E-state index contributed by atoms with van der Waals surface area (Å²) in [5.41, 5.74) is 11.2. The van der Waals surface area contributed by atoms with Crippen molar-refractivity contribution in [1.82, 2.24) is 0 Å². The summed E-state index contributed by atoms with van der Waals surface area (Å²) in [4.78, 5) is 0. The SMILES string of the molecule is Cc1ccc(-c2c(C)ccc3c2CCc2ccc4ccccc4c2-3)[n+](C)c1. The average molecular weight is 350 g/mol. The summed E-state index contributed by atoms with van der Waals surface area (Å²) in [6.45, 7) is 4.40. The highest BCUT2D eigenvalue weighted by atomic mass is 14.9. The Morgan fingerprint density at radius 3 is 2.48 bits per heavy atom. The summed E-state index contributed by atoms with van der Waals surface area (Å²) in [5.74, 6) is 0. The highest BCUT2D eigenvalue weighted by Crippen LogP contribution is 2.42. The summed E-state index contributed by atoms with van der Waals surface area (Å²) < 4.78 is 2.27. The molecule has 1 aliphatic carbocycles. The Bertz CT molecular complexity index is 1200. The lowest BCUT2D eigenvalue weighted by atomic mass is 9.79. The highest BCUT2D eigenvalue weighted by molar-refractivity contribution is 6.00. The first-order valence-corrected chi connectivity index (χ1v) is 9.73. The van der Waals surface area contributed by atoms with Crippen LogP contribution in [0.2, 0.25) is 0 Å². The van der Waals surface area contributed by atoms with Gasteiger partial charge in [-0.2, -0.15) is 0 Å². The van der Waals surface area contributed by atoms with E-state index in [1.54, 1.807) is 0 Å². The van der Waals surface area contributed by atoms with E-state index >= 15 is 0 Å². The molecule has 0 amide bonds. The van der Waals surface area contributed by atoms with Crippen molar-refractivity contribution < 1.29 is 4.57 Å². The number of aryl methyl sites for hydroxylation is 4. The van der Waals surface area contributed by atoms with E-state index in [4.69, 9.17) is 0 Å². The number of aromatic nitrogens is 1. The molecule has 0 saturated carbocycles. The lowest BCUT2D eigenvalue weighted by Gasteiger charge is -2.24. The van der Waals surface area contributed by atoms with Crippen molar-refractivity contribution >= 4 is 10.8 Å². The molecule has 0 N–H and O–H groups in total. The minimum absolute atomic E-state index is 1.10. The third kappa shape index (κ3) is 2.49. The molecule has 1 nitrogen and oxygen atoms in total. The van der Waals surface area contributed by atoms with E-state index in [1.807, 2.05) is 0 Å². The van der Waals surface area contributed by atoms with Crippen LogP contribution in [0.4, 0.5) is 0 Å². The number of pyridine rings is 1. The zero-order valence-electron chi connectivity index (χ0n) is 16.2. The van der Waals surface area contributed by atoms with Gasteiger partial charge in [0.25, 0.3) is 0 Å². The van der Waals surface area contributed by atoms with Crippen molar-refractivity contribution in [3.8, 4) is 22.4 Å². The van der Waals surface area contributed by atoms with Crippen LogP contribution in [0.1, 0.15) is 22.3 Å². The smallest absolute Gasteiger partial charge is 0.201 e. The second kappa shape index (κ2) is 6.06. The van der Waals surface area contributed by atoms with Crippen molar-refractivity contribution in [2.45, 2.75) is 26.7 Å². The molecular formula is C26H24N+. The second-order valence-electron chi connectivity index (χ2n) is 7.81. The molecule has 0 saturated heterocycles. The third-order valence-electron chi connectivity index (χ3n) is 5.99. The van der Waals surface area contributed by atoms with E-state index in [9.17, 15) is 0 Å². The number of benzene rings is 3. The van der Waals surface area contributed by atoms with Gasteiger partial charge in [-0.05, 0) is 71.3 Å². The van der Waals surface area contributed by atoms with Gasteiger partial charge < -0.3 is 0 Å². The van der Waals surface area contributed by atoms with Crippen LogP contribution in [0, 0.1) is 13.8 Å². The fourth-order valence-corrected chi connectivity index (χ4v) is 4.72. The molecule has 132 valence electrons. The quantitative estimate of drug-likeness (QED) is 0.387. The number of hydrogen-bond acceptors (Lipinski definition) is 0. The lowest BCUT2D eigenvalue weighted by molar-refractivity contribution is -0.660. The van der Waals surface area contributed by atoms with Crippen molar-refractivity contribution in [1.29, 1.82) is 0 Å². The van der Waals surface area contributed by atoms with Gasteiger partial charge in [0.15, 0.2) is 6.20 Å². The Balaban J connectivity index is 1.84. The maximum atomic E-state index is 2.34.